The first-order valence-corrected chi connectivity index (χ1v) is 8.44. The monoisotopic (exact) mass is 363 g/mol. The van der Waals surface area contributed by atoms with Gasteiger partial charge in [-0.3, -0.25) is 4.79 Å². The third kappa shape index (κ3) is 4.28. The van der Waals surface area contributed by atoms with E-state index >= 15 is 0 Å². The second-order valence-electron chi connectivity index (χ2n) is 5.75. The van der Waals surface area contributed by atoms with E-state index in [4.69, 9.17) is 16.3 Å². The molecule has 0 aromatic heterocycles. The molecule has 1 heterocycles. The number of nitrogens with one attached hydrogen (secondary N) is 3. The van der Waals surface area contributed by atoms with E-state index in [0.717, 1.165) is 11.3 Å². The van der Waals surface area contributed by atoms with Gasteiger partial charge in [0, 0.05) is 6.04 Å². The molecule has 132 valence electrons. The van der Waals surface area contributed by atoms with Crippen LogP contribution in [0.5, 0.6) is 5.75 Å². The van der Waals surface area contributed by atoms with Crippen molar-refractivity contribution in [1.29, 1.82) is 0 Å². The highest BCUT2D eigenvalue weighted by Gasteiger charge is 2.30. The maximum atomic E-state index is 13.3. The number of ether oxygens (including phenoxy) is 1. The fourth-order valence-corrected chi connectivity index (χ4v) is 2.89. The Morgan fingerprint density at radius 3 is 2.76 bits per heavy atom. The first-order chi connectivity index (χ1) is 12.1. The third-order valence-corrected chi connectivity index (χ3v) is 4.33. The Kier molecular flexibility index (Phi) is 5.53. The number of halogens is 2. The zero-order valence-electron chi connectivity index (χ0n) is 13.7. The molecule has 1 saturated heterocycles. The van der Waals surface area contributed by atoms with Crippen molar-refractivity contribution < 1.29 is 13.9 Å². The summed E-state index contributed by atoms with van der Waals surface area (Å²) >= 11 is 5.98. The van der Waals surface area contributed by atoms with Crippen LogP contribution in [0.1, 0.15) is 24.9 Å². The van der Waals surface area contributed by atoms with Crippen LogP contribution in [0.4, 0.5) is 10.1 Å². The molecular weight excluding hydrogens is 345 g/mol. The normalized spacial score (nSPS) is 19.6. The fraction of sp³-hybridized carbons (Fsp3) is 0.278. The van der Waals surface area contributed by atoms with Gasteiger partial charge in [-0.25, -0.2) is 15.2 Å². The minimum Gasteiger partial charge on any atom is -0.494 e. The van der Waals surface area contributed by atoms with E-state index < -0.39 is 11.9 Å². The largest absolute Gasteiger partial charge is 0.494 e. The number of anilines is 1. The average Bonchev–Trinajstić information content (AvgIpc) is 3.09. The van der Waals surface area contributed by atoms with Crippen molar-refractivity contribution in [2.24, 2.45) is 0 Å². The number of carbonyl (C=O) groups excluding carboxylic acids is 1. The maximum Gasteiger partial charge on any atom is 0.242 e. The Bertz CT molecular complexity index is 754. The predicted octanol–water partition coefficient (Wildman–Crippen LogP) is 3.42. The maximum absolute atomic E-state index is 13.3. The Hall–Kier alpha value is -2.15. The Morgan fingerprint density at radius 1 is 1.28 bits per heavy atom. The van der Waals surface area contributed by atoms with E-state index in [0.29, 0.717) is 18.1 Å². The molecule has 2 unspecified atom stereocenters. The molecule has 25 heavy (non-hydrogen) atoms. The van der Waals surface area contributed by atoms with E-state index in [1.165, 1.54) is 18.2 Å². The fourth-order valence-electron chi connectivity index (χ4n) is 2.72. The molecule has 1 amide bonds. The molecule has 2 aromatic rings. The van der Waals surface area contributed by atoms with Gasteiger partial charge in [-0.15, -0.1) is 0 Å². The molecule has 0 saturated carbocycles. The summed E-state index contributed by atoms with van der Waals surface area (Å²) in [4.78, 5) is 12.4. The molecule has 1 aliphatic rings. The van der Waals surface area contributed by atoms with E-state index in [2.05, 4.69) is 16.2 Å². The molecule has 0 aliphatic carbocycles. The lowest BCUT2D eigenvalue weighted by Crippen LogP contribution is -2.39. The zero-order valence-corrected chi connectivity index (χ0v) is 14.4. The summed E-state index contributed by atoms with van der Waals surface area (Å²) in [5, 5.41) is 2.95. The third-order valence-electron chi connectivity index (χ3n) is 4.00. The molecular formula is C18H19ClFN3O2. The van der Waals surface area contributed by atoms with Gasteiger partial charge in [-0.05, 0) is 49.2 Å². The first-order valence-electron chi connectivity index (χ1n) is 8.06. The smallest absolute Gasteiger partial charge is 0.242 e. The Labute approximate surface area is 150 Å². The number of rotatable bonds is 5. The summed E-state index contributed by atoms with van der Waals surface area (Å²) in [5.74, 6) is 0.0881. The summed E-state index contributed by atoms with van der Waals surface area (Å²) in [6, 6.07) is 11.1. The molecule has 1 fully saturated rings. The predicted molar refractivity (Wildman–Crippen MR) is 95.1 cm³/mol. The van der Waals surface area contributed by atoms with E-state index in [9.17, 15) is 9.18 Å². The van der Waals surface area contributed by atoms with Gasteiger partial charge in [0.1, 0.15) is 17.6 Å². The Morgan fingerprint density at radius 2 is 2.04 bits per heavy atom. The van der Waals surface area contributed by atoms with Crippen molar-refractivity contribution in [1.82, 2.24) is 10.9 Å². The standard InChI is InChI=1S/C18H19ClFN3O2/c1-2-25-13-6-3-11(4-7-13)15-10-17(23-22-15)18(24)21-16-9-12(20)5-8-14(16)19/h3-9,15,17,22-23H,2,10H2,1H3,(H,21,24). The van der Waals surface area contributed by atoms with Crippen molar-refractivity contribution in [3.8, 4) is 5.75 Å². The van der Waals surface area contributed by atoms with Crippen LogP contribution in [0, 0.1) is 5.82 Å². The summed E-state index contributed by atoms with van der Waals surface area (Å²) < 4.78 is 18.7. The average molecular weight is 364 g/mol. The second kappa shape index (κ2) is 7.82. The van der Waals surface area contributed by atoms with Gasteiger partial charge in [-0.2, -0.15) is 0 Å². The van der Waals surface area contributed by atoms with Gasteiger partial charge in [0.05, 0.1) is 17.3 Å². The van der Waals surface area contributed by atoms with Crippen molar-refractivity contribution in [2.75, 3.05) is 11.9 Å². The van der Waals surface area contributed by atoms with E-state index in [1.54, 1.807) is 0 Å². The summed E-state index contributed by atoms with van der Waals surface area (Å²) in [6.07, 6.45) is 0.562. The van der Waals surface area contributed by atoms with Gasteiger partial charge in [0.2, 0.25) is 5.91 Å². The van der Waals surface area contributed by atoms with Crippen LogP contribution in [0.25, 0.3) is 0 Å². The van der Waals surface area contributed by atoms with Crippen molar-refractivity contribution in [3.63, 3.8) is 0 Å². The lowest BCUT2D eigenvalue weighted by Gasteiger charge is -2.12. The Balaban J connectivity index is 1.62. The molecule has 0 spiro atoms. The van der Waals surface area contributed by atoms with Gasteiger partial charge in [0.15, 0.2) is 0 Å². The van der Waals surface area contributed by atoms with Crippen LogP contribution in [0.2, 0.25) is 5.02 Å². The highest BCUT2D eigenvalue weighted by atomic mass is 35.5. The summed E-state index contributed by atoms with van der Waals surface area (Å²) in [5.41, 5.74) is 7.39. The quantitative estimate of drug-likeness (QED) is 0.761. The molecule has 7 heteroatoms. The van der Waals surface area contributed by atoms with Gasteiger partial charge < -0.3 is 10.1 Å². The molecule has 3 rings (SSSR count). The highest BCUT2D eigenvalue weighted by Crippen LogP contribution is 2.26. The lowest BCUT2D eigenvalue weighted by atomic mass is 10.0. The number of carbonyl (C=O) groups is 1. The van der Waals surface area contributed by atoms with Crippen molar-refractivity contribution in [2.45, 2.75) is 25.4 Å². The highest BCUT2D eigenvalue weighted by molar-refractivity contribution is 6.33. The zero-order chi connectivity index (χ0) is 17.8. The van der Waals surface area contributed by atoms with E-state index in [-0.39, 0.29) is 17.6 Å². The van der Waals surface area contributed by atoms with Gasteiger partial charge >= 0.3 is 0 Å². The minimum atomic E-state index is -0.454. The first kappa shape index (κ1) is 17.7. The second-order valence-corrected chi connectivity index (χ2v) is 6.15. The minimum absolute atomic E-state index is 0.00518. The molecule has 1 aliphatic heterocycles. The lowest BCUT2D eigenvalue weighted by molar-refractivity contribution is -0.117. The summed E-state index contributed by atoms with van der Waals surface area (Å²) in [7, 11) is 0. The SMILES string of the molecule is CCOc1ccc(C2CC(C(=O)Nc3cc(F)ccc3Cl)NN2)cc1. The molecule has 2 aromatic carbocycles. The van der Waals surface area contributed by atoms with Crippen LogP contribution in [-0.4, -0.2) is 18.6 Å². The van der Waals surface area contributed by atoms with Gasteiger partial charge in [-0.1, -0.05) is 23.7 Å². The number of benzene rings is 2. The number of hydrogen-bond acceptors (Lipinski definition) is 4. The molecule has 2 atom stereocenters. The van der Waals surface area contributed by atoms with Crippen LogP contribution in [0.15, 0.2) is 42.5 Å². The van der Waals surface area contributed by atoms with Crippen molar-refractivity contribution in [3.05, 3.63) is 58.9 Å². The number of hydrogen-bond donors (Lipinski definition) is 3. The number of amides is 1. The molecule has 0 radical (unpaired) electrons. The van der Waals surface area contributed by atoms with Crippen molar-refractivity contribution >= 4 is 23.2 Å². The van der Waals surface area contributed by atoms with Gasteiger partial charge in [0.25, 0.3) is 0 Å². The van der Waals surface area contributed by atoms with Crippen LogP contribution in [-0.2, 0) is 4.79 Å². The van der Waals surface area contributed by atoms with Crippen LogP contribution >= 0.6 is 11.6 Å². The van der Waals surface area contributed by atoms with Crippen LogP contribution < -0.4 is 20.9 Å². The number of hydrazine groups is 1. The molecule has 3 N–H and O–H groups in total. The van der Waals surface area contributed by atoms with E-state index in [1.807, 2.05) is 31.2 Å². The van der Waals surface area contributed by atoms with Crippen LogP contribution in [0.3, 0.4) is 0 Å². The molecule has 0 bridgehead atoms. The topological polar surface area (TPSA) is 62.4 Å². The molecule has 5 nitrogen and oxygen atoms in total. The summed E-state index contributed by atoms with van der Waals surface area (Å²) in [6.45, 7) is 2.55.